The largest absolute Gasteiger partial charge is 0.463 e. The van der Waals surface area contributed by atoms with Crippen molar-refractivity contribution in [1.82, 2.24) is 0 Å². The van der Waals surface area contributed by atoms with Crippen LogP contribution in [0.25, 0.3) is 21.2 Å². The molecule has 0 N–H and O–H groups in total. The van der Waals surface area contributed by atoms with Gasteiger partial charge in [-0.25, -0.2) is 0 Å². The molecule has 0 aliphatic carbocycles. The average Bonchev–Trinajstić information content (AvgIpc) is 2.80. The first-order chi connectivity index (χ1) is 17.1. The smallest absolute Gasteiger partial charge is 0.303 e. The van der Waals surface area contributed by atoms with Gasteiger partial charge in [-0.3, -0.25) is 14.4 Å². The van der Waals surface area contributed by atoms with Crippen molar-refractivity contribution in [2.75, 3.05) is 25.6 Å². The molecule has 5 atom stereocenters. The average molecular weight is 517 g/mol. The third-order valence-electron chi connectivity index (χ3n) is 5.42. The van der Waals surface area contributed by atoms with Crippen LogP contribution >= 0.6 is 11.8 Å². The first-order valence-electron chi connectivity index (χ1n) is 11.1. The Morgan fingerprint density at radius 1 is 1.06 bits per heavy atom. The summed E-state index contributed by atoms with van der Waals surface area (Å²) in [6.45, 7) is 3.40. The number of azide groups is 1. The van der Waals surface area contributed by atoms with E-state index in [1.165, 1.54) is 32.5 Å². The van der Waals surface area contributed by atoms with Gasteiger partial charge in [-0.2, -0.15) is 0 Å². The van der Waals surface area contributed by atoms with Gasteiger partial charge < -0.3 is 23.8 Å². The summed E-state index contributed by atoms with van der Waals surface area (Å²) in [5, 5.41) is 5.84. The van der Waals surface area contributed by atoms with Crippen LogP contribution in [0.15, 0.2) is 46.4 Å². The molecule has 192 valence electrons. The maximum Gasteiger partial charge on any atom is 0.303 e. The number of nitrogens with zero attached hydrogens (tertiary/aromatic N) is 4. The molecule has 1 aliphatic heterocycles. The van der Waals surface area contributed by atoms with Crippen LogP contribution in [0, 0.1) is 0 Å². The molecule has 0 aromatic heterocycles. The van der Waals surface area contributed by atoms with Crippen molar-refractivity contribution in [1.29, 1.82) is 0 Å². The molecule has 0 amide bonds. The quantitative estimate of drug-likeness (QED) is 0.168. The Morgan fingerprint density at radius 3 is 2.36 bits per heavy atom. The highest BCUT2D eigenvalue weighted by Gasteiger charge is 2.50. The van der Waals surface area contributed by atoms with Gasteiger partial charge in [-0.05, 0) is 29.1 Å². The predicted octanol–water partition coefficient (Wildman–Crippen LogP) is 3.83. The van der Waals surface area contributed by atoms with Gasteiger partial charge in [0.15, 0.2) is 0 Å². The second-order valence-electron chi connectivity index (χ2n) is 8.36. The molecule has 0 spiro atoms. The Kier molecular flexibility index (Phi) is 9.03. The molecule has 1 saturated heterocycles. The number of carbonyl (C=O) groups is 3. The van der Waals surface area contributed by atoms with Gasteiger partial charge in [0, 0.05) is 55.7 Å². The first kappa shape index (κ1) is 27.1. The van der Waals surface area contributed by atoms with Crippen LogP contribution in [0.2, 0.25) is 0 Å². The lowest BCUT2D eigenvalue weighted by molar-refractivity contribution is -0.201. The van der Waals surface area contributed by atoms with Crippen LogP contribution in [0.5, 0.6) is 0 Å². The number of thioether (sulfide) groups is 1. The van der Waals surface area contributed by atoms with Crippen molar-refractivity contribution < 1.29 is 33.3 Å². The van der Waals surface area contributed by atoms with E-state index in [1.807, 2.05) is 55.4 Å². The fraction of sp³-hybridized carbons (Fsp3) is 0.458. The van der Waals surface area contributed by atoms with Crippen molar-refractivity contribution in [2.24, 2.45) is 5.11 Å². The number of carbonyl (C=O) groups excluding carboxylic acids is 3. The summed E-state index contributed by atoms with van der Waals surface area (Å²) in [5.41, 5.74) is 9.44. The molecule has 0 bridgehead atoms. The Bertz CT molecular complexity index is 1180. The van der Waals surface area contributed by atoms with E-state index in [4.69, 9.17) is 18.9 Å². The lowest BCUT2D eigenvalue weighted by Gasteiger charge is -2.43. The molecule has 12 heteroatoms. The van der Waals surface area contributed by atoms with Crippen LogP contribution in [0.4, 0.5) is 5.69 Å². The molecule has 36 heavy (non-hydrogen) atoms. The third-order valence-corrected chi connectivity index (χ3v) is 6.56. The molecule has 2 aromatic carbocycles. The highest BCUT2D eigenvalue weighted by molar-refractivity contribution is 7.99. The van der Waals surface area contributed by atoms with Crippen LogP contribution in [0.3, 0.4) is 0 Å². The summed E-state index contributed by atoms with van der Waals surface area (Å²) in [7, 11) is 3.94. The molecule has 0 saturated carbocycles. The first-order valence-corrected chi connectivity index (χ1v) is 12.0. The number of ether oxygens (including phenoxy) is 4. The van der Waals surface area contributed by atoms with Gasteiger partial charge in [0.2, 0.25) is 0 Å². The van der Waals surface area contributed by atoms with E-state index >= 15 is 0 Å². The molecular formula is C24H28N4O7S. The summed E-state index contributed by atoms with van der Waals surface area (Å²) < 4.78 is 22.2. The van der Waals surface area contributed by atoms with E-state index in [1.54, 1.807) is 0 Å². The zero-order valence-corrected chi connectivity index (χ0v) is 21.4. The van der Waals surface area contributed by atoms with E-state index < -0.39 is 47.7 Å². The monoisotopic (exact) mass is 516 g/mol. The number of anilines is 1. The van der Waals surface area contributed by atoms with E-state index in [2.05, 4.69) is 10.0 Å². The minimum atomic E-state index is -1.14. The van der Waals surface area contributed by atoms with Crippen molar-refractivity contribution in [3.05, 3.63) is 46.8 Å². The zero-order chi connectivity index (χ0) is 26.4. The van der Waals surface area contributed by atoms with Gasteiger partial charge in [0.1, 0.15) is 36.4 Å². The van der Waals surface area contributed by atoms with Gasteiger partial charge in [0.05, 0.1) is 0 Å². The van der Waals surface area contributed by atoms with Gasteiger partial charge in [-0.1, -0.05) is 35.1 Å². The molecule has 2 aromatic rings. The molecule has 1 fully saturated rings. The van der Waals surface area contributed by atoms with E-state index in [0.717, 1.165) is 21.4 Å². The van der Waals surface area contributed by atoms with E-state index in [0.29, 0.717) is 0 Å². The number of fused-ring (bicyclic) bond motifs is 1. The SMILES string of the molecule is CC(=O)OCC1O[C@H](Sc2ccc3c(N(C)C)cccc3c2)[C@@H](OC(C)=O)C(N=[N+]=[N-])[C@H]1OC(C)=O. The summed E-state index contributed by atoms with van der Waals surface area (Å²) >= 11 is 1.25. The lowest BCUT2D eigenvalue weighted by atomic mass is 9.97. The summed E-state index contributed by atoms with van der Waals surface area (Å²) in [4.78, 5) is 40.9. The Labute approximate surface area is 212 Å². The molecule has 0 radical (unpaired) electrons. The normalized spacial score (nSPS) is 23.3. The Balaban J connectivity index is 2.00. The fourth-order valence-corrected chi connectivity index (χ4v) is 5.17. The minimum absolute atomic E-state index is 0.251. The van der Waals surface area contributed by atoms with Crippen molar-refractivity contribution in [3.63, 3.8) is 0 Å². The predicted molar refractivity (Wildman–Crippen MR) is 133 cm³/mol. The number of benzene rings is 2. The minimum Gasteiger partial charge on any atom is -0.463 e. The highest BCUT2D eigenvalue weighted by Crippen LogP contribution is 2.39. The highest BCUT2D eigenvalue weighted by atomic mass is 32.2. The molecule has 1 heterocycles. The molecule has 1 aliphatic rings. The maximum absolute atomic E-state index is 12.0. The fourth-order valence-electron chi connectivity index (χ4n) is 4.01. The van der Waals surface area contributed by atoms with Gasteiger partial charge >= 0.3 is 17.9 Å². The topological polar surface area (TPSA) is 140 Å². The maximum atomic E-state index is 12.0. The lowest BCUT2D eigenvalue weighted by Crippen LogP contribution is -2.59. The molecule has 2 unspecified atom stereocenters. The van der Waals surface area contributed by atoms with Crippen LogP contribution in [-0.4, -0.2) is 68.4 Å². The summed E-state index contributed by atoms with van der Waals surface area (Å²) in [6.07, 6.45) is -3.18. The van der Waals surface area contributed by atoms with E-state index in [-0.39, 0.29) is 6.61 Å². The Hall–Kier alpha value is -3.47. The second kappa shape index (κ2) is 12.0. The van der Waals surface area contributed by atoms with Crippen molar-refractivity contribution >= 4 is 46.1 Å². The third kappa shape index (κ3) is 6.60. The number of rotatable bonds is 8. The van der Waals surface area contributed by atoms with Gasteiger partial charge in [-0.15, -0.1) is 0 Å². The summed E-state index contributed by atoms with van der Waals surface area (Å²) in [6, 6.07) is 10.7. The van der Waals surface area contributed by atoms with Crippen LogP contribution < -0.4 is 4.90 Å². The number of esters is 3. The number of hydrogen-bond acceptors (Lipinski definition) is 10. The Morgan fingerprint density at radius 2 is 1.75 bits per heavy atom. The molecule has 3 rings (SSSR count). The van der Waals surface area contributed by atoms with Crippen LogP contribution in [0.1, 0.15) is 20.8 Å². The van der Waals surface area contributed by atoms with Crippen molar-refractivity contribution in [3.8, 4) is 0 Å². The molecule has 11 nitrogen and oxygen atoms in total. The standard InChI is InChI=1S/C24H28N4O7S/c1-13(29)32-12-20-22(33-14(2)30)21(26-27-25)23(34-15(3)31)24(35-20)36-17-9-10-18-16(11-17)7-6-8-19(18)28(4)5/h6-11,20-24H,12H2,1-5H3/t20?,21?,22-,23-,24+/m0/s1. The zero-order valence-electron chi connectivity index (χ0n) is 20.6. The summed E-state index contributed by atoms with van der Waals surface area (Å²) in [5.74, 6) is -1.84. The van der Waals surface area contributed by atoms with Gasteiger partial charge in [0.25, 0.3) is 0 Å². The van der Waals surface area contributed by atoms with Crippen molar-refractivity contribution in [2.45, 2.75) is 55.5 Å². The second-order valence-corrected chi connectivity index (χ2v) is 9.53. The number of hydrogen-bond donors (Lipinski definition) is 0. The van der Waals surface area contributed by atoms with E-state index in [9.17, 15) is 19.9 Å². The molecular weight excluding hydrogens is 488 g/mol. The van der Waals surface area contributed by atoms with Crippen LogP contribution in [-0.2, 0) is 33.3 Å².